The molecule has 1 heterocycles. The summed E-state index contributed by atoms with van der Waals surface area (Å²) >= 11 is 4.29. The smallest absolute Gasteiger partial charge is 0.293 e. The Labute approximate surface area is 238 Å². The summed E-state index contributed by atoms with van der Waals surface area (Å²) in [5, 5.41) is 11.7. The topological polar surface area (TPSA) is 109 Å². The molecule has 1 aliphatic rings. The van der Waals surface area contributed by atoms with Crippen LogP contribution < -0.4 is 14.8 Å². The number of rotatable bonds is 8. The Kier molecular flexibility index (Phi) is 8.74. The molecule has 0 spiro atoms. The average molecular weight is 606 g/mol. The van der Waals surface area contributed by atoms with Gasteiger partial charge in [-0.1, -0.05) is 24.3 Å². The molecule has 3 aromatic rings. The molecule has 39 heavy (non-hydrogen) atoms. The zero-order chi connectivity index (χ0) is 28.1. The molecule has 3 amide bonds. The zero-order valence-corrected chi connectivity index (χ0v) is 23.8. The summed E-state index contributed by atoms with van der Waals surface area (Å²) < 4.78 is 11.9. The Morgan fingerprint density at radius 2 is 1.85 bits per heavy atom. The molecule has 0 saturated carbocycles. The number of imide groups is 1. The number of halogens is 1. The lowest BCUT2D eigenvalue weighted by Crippen LogP contribution is -2.27. The summed E-state index contributed by atoms with van der Waals surface area (Å²) in [6, 6.07) is 17.8. The maximum atomic E-state index is 13.0. The normalized spacial score (nSPS) is 13.9. The minimum absolute atomic E-state index is 0.0165. The molecule has 0 radical (unpaired) electrons. The third-order valence-electron chi connectivity index (χ3n) is 6.04. The summed E-state index contributed by atoms with van der Waals surface area (Å²) in [6.45, 7) is 3.74. The molecule has 4 rings (SSSR count). The maximum absolute atomic E-state index is 13.0. The number of hydrogen-bond acceptors (Lipinski definition) is 7. The number of nitrogens with zero attached hydrogens (tertiary/aromatic N) is 2. The highest BCUT2D eigenvalue weighted by atomic mass is 79.9. The van der Waals surface area contributed by atoms with Gasteiger partial charge in [0, 0.05) is 4.47 Å². The molecule has 0 bridgehead atoms. The number of carbonyl (C=O) groups is 3. The Morgan fingerprint density at radius 3 is 2.59 bits per heavy atom. The number of nitriles is 1. The van der Waals surface area contributed by atoms with Gasteiger partial charge in [0.1, 0.15) is 0 Å². The highest BCUT2D eigenvalue weighted by Gasteiger charge is 2.35. The van der Waals surface area contributed by atoms with Crippen molar-refractivity contribution < 1.29 is 23.9 Å². The van der Waals surface area contributed by atoms with Crippen molar-refractivity contribution in [3.05, 3.63) is 91.8 Å². The van der Waals surface area contributed by atoms with Crippen molar-refractivity contribution in [1.82, 2.24) is 4.90 Å². The van der Waals surface area contributed by atoms with Gasteiger partial charge < -0.3 is 14.8 Å². The van der Waals surface area contributed by atoms with E-state index < -0.39 is 11.1 Å². The number of benzene rings is 3. The van der Waals surface area contributed by atoms with Gasteiger partial charge in [-0.15, -0.1) is 0 Å². The molecule has 1 aliphatic heterocycles. The third-order valence-corrected chi connectivity index (χ3v) is 7.61. The van der Waals surface area contributed by atoms with Crippen LogP contribution in [0.1, 0.15) is 27.8 Å². The summed E-state index contributed by atoms with van der Waals surface area (Å²) in [5.74, 6) is -0.0563. The van der Waals surface area contributed by atoms with E-state index in [9.17, 15) is 19.6 Å². The Balaban J connectivity index is 1.44. The Morgan fingerprint density at radius 1 is 1.10 bits per heavy atom. The van der Waals surface area contributed by atoms with Crippen LogP contribution >= 0.6 is 27.7 Å². The second-order valence-electron chi connectivity index (χ2n) is 8.70. The first-order valence-electron chi connectivity index (χ1n) is 11.8. The molecule has 0 aromatic heterocycles. The van der Waals surface area contributed by atoms with Gasteiger partial charge in [0.15, 0.2) is 18.1 Å². The van der Waals surface area contributed by atoms with Gasteiger partial charge in [-0.25, -0.2) is 0 Å². The van der Waals surface area contributed by atoms with Crippen LogP contribution in [0.2, 0.25) is 0 Å². The molecule has 0 atom stereocenters. The first kappa shape index (κ1) is 28.0. The fraction of sp³-hybridized carbons (Fsp3) is 0.172. The number of carbonyl (C=O) groups excluding carboxylic acids is 3. The molecule has 198 valence electrons. The van der Waals surface area contributed by atoms with E-state index in [4.69, 9.17) is 9.47 Å². The van der Waals surface area contributed by atoms with E-state index in [2.05, 4.69) is 27.3 Å². The van der Waals surface area contributed by atoms with Gasteiger partial charge in [0.05, 0.1) is 35.9 Å². The van der Waals surface area contributed by atoms with Crippen molar-refractivity contribution in [2.24, 2.45) is 0 Å². The summed E-state index contributed by atoms with van der Waals surface area (Å²) in [6.07, 6.45) is 1.59. The molecule has 1 saturated heterocycles. The van der Waals surface area contributed by atoms with E-state index in [1.165, 1.54) is 7.11 Å². The zero-order valence-electron chi connectivity index (χ0n) is 21.4. The number of anilines is 1. The SMILES string of the molecule is COc1cc(/C=C2/SC(=O)N(Cc3ccccc3C#N)C2=O)ccc1OCC(=O)Nc1cc(C)c(C)cc1Br. The predicted octanol–water partition coefficient (Wildman–Crippen LogP) is 6.20. The van der Waals surface area contributed by atoms with Crippen LogP contribution in [0, 0.1) is 25.2 Å². The minimum atomic E-state index is -0.439. The van der Waals surface area contributed by atoms with Crippen LogP contribution in [0.25, 0.3) is 6.08 Å². The molecule has 10 heteroatoms. The Bertz CT molecular complexity index is 1550. The standard InChI is InChI=1S/C29H24BrN3O5S/c1-17-10-22(30)23(11-18(17)2)32-27(34)16-38-24-9-8-19(12-25(24)37-3)13-26-28(35)33(29(36)39-26)15-21-7-5-4-6-20(21)14-31/h4-13H,15-16H2,1-3H3,(H,32,34)/b26-13+. The van der Waals surface area contributed by atoms with Crippen LogP contribution in [0.15, 0.2) is 64.0 Å². The molecule has 0 aliphatic carbocycles. The number of ether oxygens (including phenoxy) is 2. The quantitative estimate of drug-likeness (QED) is 0.304. The number of hydrogen-bond donors (Lipinski definition) is 1. The van der Waals surface area contributed by atoms with Gasteiger partial charge in [0.2, 0.25) is 0 Å². The molecule has 8 nitrogen and oxygen atoms in total. The van der Waals surface area contributed by atoms with Gasteiger partial charge >= 0.3 is 0 Å². The Hall–Kier alpha value is -4.07. The molecule has 1 fully saturated rings. The number of amides is 3. The first-order valence-corrected chi connectivity index (χ1v) is 13.4. The molecular weight excluding hydrogens is 582 g/mol. The van der Waals surface area contributed by atoms with Crippen molar-refractivity contribution in [2.45, 2.75) is 20.4 Å². The van der Waals surface area contributed by atoms with Crippen LogP contribution in [-0.4, -0.2) is 35.7 Å². The maximum Gasteiger partial charge on any atom is 0.293 e. The van der Waals surface area contributed by atoms with Crippen molar-refractivity contribution in [2.75, 3.05) is 19.0 Å². The van der Waals surface area contributed by atoms with Crippen molar-refractivity contribution in [1.29, 1.82) is 5.26 Å². The minimum Gasteiger partial charge on any atom is -0.493 e. The van der Waals surface area contributed by atoms with Gasteiger partial charge in [-0.3, -0.25) is 19.3 Å². The molecular formula is C29H24BrN3O5S. The number of nitrogens with one attached hydrogen (secondary N) is 1. The highest BCUT2D eigenvalue weighted by molar-refractivity contribution is 9.10. The van der Waals surface area contributed by atoms with Crippen LogP contribution in [0.4, 0.5) is 10.5 Å². The van der Waals surface area contributed by atoms with E-state index in [-0.39, 0.29) is 24.0 Å². The summed E-state index contributed by atoms with van der Waals surface area (Å²) in [7, 11) is 1.47. The number of aryl methyl sites for hydroxylation is 2. The largest absolute Gasteiger partial charge is 0.493 e. The molecule has 0 unspecified atom stereocenters. The van der Waals surface area contributed by atoms with E-state index in [1.54, 1.807) is 48.5 Å². The fourth-order valence-corrected chi connectivity index (χ4v) is 5.22. The second-order valence-corrected chi connectivity index (χ2v) is 10.5. The first-order chi connectivity index (χ1) is 18.7. The predicted molar refractivity (Wildman–Crippen MR) is 153 cm³/mol. The molecule has 1 N–H and O–H groups in total. The summed E-state index contributed by atoms with van der Waals surface area (Å²) in [5.41, 5.74) is 4.44. The number of thioether (sulfide) groups is 1. The lowest BCUT2D eigenvalue weighted by molar-refractivity contribution is -0.123. The van der Waals surface area contributed by atoms with Crippen LogP contribution in [0.5, 0.6) is 11.5 Å². The van der Waals surface area contributed by atoms with Crippen LogP contribution in [-0.2, 0) is 16.1 Å². The second kappa shape index (κ2) is 12.2. The van der Waals surface area contributed by atoms with Crippen molar-refractivity contribution in [3.63, 3.8) is 0 Å². The average Bonchev–Trinajstić information content (AvgIpc) is 3.18. The van der Waals surface area contributed by atoms with Gasteiger partial charge in [-0.05, 0) is 100 Å². The molecule has 3 aromatic carbocycles. The van der Waals surface area contributed by atoms with Crippen molar-refractivity contribution >= 4 is 56.5 Å². The van der Waals surface area contributed by atoms with Gasteiger partial charge in [0.25, 0.3) is 17.1 Å². The monoisotopic (exact) mass is 605 g/mol. The highest BCUT2D eigenvalue weighted by Crippen LogP contribution is 2.35. The van der Waals surface area contributed by atoms with Gasteiger partial charge in [-0.2, -0.15) is 5.26 Å². The van der Waals surface area contributed by atoms with Crippen molar-refractivity contribution in [3.8, 4) is 17.6 Å². The van der Waals surface area contributed by atoms with Crippen LogP contribution in [0.3, 0.4) is 0 Å². The fourth-order valence-electron chi connectivity index (χ4n) is 3.82. The van der Waals surface area contributed by atoms with E-state index in [1.807, 2.05) is 26.0 Å². The van der Waals surface area contributed by atoms with E-state index in [0.717, 1.165) is 32.3 Å². The number of methoxy groups -OCH3 is 1. The van der Waals surface area contributed by atoms with E-state index in [0.29, 0.717) is 33.9 Å². The lowest BCUT2D eigenvalue weighted by Gasteiger charge is -2.13. The lowest BCUT2D eigenvalue weighted by atomic mass is 10.1. The summed E-state index contributed by atoms with van der Waals surface area (Å²) in [4.78, 5) is 39.4. The van der Waals surface area contributed by atoms with E-state index >= 15 is 0 Å². The third kappa shape index (κ3) is 6.50.